The van der Waals surface area contributed by atoms with Crippen molar-refractivity contribution in [2.45, 2.75) is 70.0 Å². The van der Waals surface area contributed by atoms with Crippen LogP contribution in [0.5, 0.6) is 0 Å². The highest BCUT2D eigenvalue weighted by Gasteiger charge is 2.46. The summed E-state index contributed by atoms with van der Waals surface area (Å²) in [7, 11) is 0. The van der Waals surface area contributed by atoms with Crippen LogP contribution in [0, 0.1) is 0 Å². The Hall–Kier alpha value is -3.35. The van der Waals surface area contributed by atoms with Gasteiger partial charge in [-0.15, -0.1) is 0 Å². The summed E-state index contributed by atoms with van der Waals surface area (Å²) in [4.78, 5) is 39.5. The standard InChI is InChI=1S/C27H32N2O5/c1-4-15-27(3,25(32)29(18-13-14-18)17(2)24(30)31)28-26(33)34-16-23-21-11-7-5-9-19(21)20-10-6-8-12-22(20)23/h5-12,17-18,23H,4,13-16H2,1-3H3,(H,28,33)(H,30,31). The van der Waals surface area contributed by atoms with Gasteiger partial charge in [0.25, 0.3) is 0 Å². The van der Waals surface area contributed by atoms with E-state index in [4.69, 9.17) is 4.74 Å². The Labute approximate surface area is 200 Å². The molecule has 0 aliphatic heterocycles. The van der Waals surface area contributed by atoms with Crippen molar-refractivity contribution in [1.82, 2.24) is 10.2 Å². The van der Waals surface area contributed by atoms with Crippen molar-refractivity contribution in [1.29, 1.82) is 0 Å². The third-order valence-corrected chi connectivity index (χ3v) is 6.89. The van der Waals surface area contributed by atoms with Crippen molar-refractivity contribution in [3.8, 4) is 11.1 Å². The van der Waals surface area contributed by atoms with Crippen LogP contribution in [0.3, 0.4) is 0 Å². The number of nitrogens with zero attached hydrogens (tertiary/aromatic N) is 1. The fourth-order valence-corrected chi connectivity index (χ4v) is 5.00. The van der Waals surface area contributed by atoms with E-state index in [1.54, 1.807) is 6.92 Å². The summed E-state index contributed by atoms with van der Waals surface area (Å²) in [6.45, 7) is 5.24. The lowest BCUT2D eigenvalue weighted by Crippen LogP contribution is -2.61. The predicted molar refractivity (Wildman–Crippen MR) is 128 cm³/mol. The fraction of sp³-hybridized carbons (Fsp3) is 0.444. The topological polar surface area (TPSA) is 95.9 Å². The van der Waals surface area contributed by atoms with Crippen molar-refractivity contribution in [2.24, 2.45) is 0 Å². The van der Waals surface area contributed by atoms with Crippen LogP contribution in [0.1, 0.15) is 63.5 Å². The molecule has 7 nitrogen and oxygen atoms in total. The van der Waals surface area contributed by atoms with Gasteiger partial charge in [-0.05, 0) is 55.4 Å². The molecule has 0 radical (unpaired) electrons. The zero-order valence-corrected chi connectivity index (χ0v) is 19.9. The van der Waals surface area contributed by atoms with Crippen molar-refractivity contribution < 1.29 is 24.2 Å². The van der Waals surface area contributed by atoms with Crippen LogP contribution in [0.2, 0.25) is 0 Å². The Morgan fingerprint density at radius 1 is 1.09 bits per heavy atom. The molecule has 2 amide bonds. The molecule has 2 aromatic rings. The fourth-order valence-electron chi connectivity index (χ4n) is 5.00. The first kappa shape index (κ1) is 23.8. The Bertz CT molecular complexity index is 1050. The Morgan fingerprint density at radius 3 is 2.15 bits per heavy atom. The number of fused-ring (bicyclic) bond motifs is 3. The molecule has 2 aliphatic carbocycles. The maximum absolute atomic E-state index is 13.5. The maximum Gasteiger partial charge on any atom is 0.408 e. The molecule has 2 aromatic carbocycles. The second kappa shape index (κ2) is 9.49. The van der Waals surface area contributed by atoms with E-state index >= 15 is 0 Å². The average molecular weight is 465 g/mol. The van der Waals surface area contributed by atoms with Crippen molar-refractivity contribution in [2.75, 3.05) is 6.61 Å². The van der Waals surface area contributed by atoms with E-state index in [1.807, 2.05) is 43.3 Å². The number of carbonyl (C=O) groups excluding carboxylic acids is 2. The SMILES string of the molecule is CCCC(C)(NC(=O)OCC1c2ccccc2-c2ccccc21)C(=O)N(C1CC1)C(C)C(=O)O. The van der Waals surface area contributed by atoms with Gasteiger partial charge in [0.05, 0.1) is 0 Å². The number of hydrogen-bond acceptors (Lipinski definition) is 4. The summed E-state index contributed by atoms with van der Waals surface area (Å²) in [6.07, 6.45) is 1.90. The molecular formula is C27H32N2O5. The van der Waals surface area contributed by atoms with Crippen LogP contribution in [0.15, 0.2) is 48.5 Å². The first-order valence-corrected chi connectivity index (χ1v) is 12.0. The van der Waals surface area contributed by atoms with Crippen LogP contribution in [0.25, 0.3) is 11.1 Å². The molecule has 1 saturated carbocycles. The van der Waals surface area contributed by atoms with E-state index in [0.29, 0.717) is 12.8 Å². The van der Waals surface area contributed by atoms with Gasteiger partial charge in [-0.1, -0.05) is 61.9 Å². The molecule has 2 atom stereocenters. The lowest BCUT2D eigenvalue weighted by atomic mass is 9.93. The molecule has 0 aromatic heterocycles. The lowest BCUT2D eigenvalue weighted by Gasteiger charge is -2.37. The number of aliphatic carboxylic acids is 1. The summed E-state index contributed by atoms with van der Waals surface area (Å²) < 4.78 is 5.66. The Balaban J connectivity index is 1.48. The van der Waals surface area contributed by atoms with Gasteiger partial charge in [-0.2, -0.15) is 0 Å². The van der Waals surface area contributed by atoms with Gasteiger partial charge >= 0.3 is 12.1 Å². The van der Waals surface area contributed by atoms with Gasteiger partial charge in [-0.25, -0.2) is 9.59 Å². The van der Waals surface area contributed by atoms with E-state index in [0.717, 1.165) is 35.1 Å². The van der Waals surface area contributed by atoms with Crippen LogP contribution in [-0.2, 0) is 14.3 Å². The monoisotopic (exact) mass is 464 g/mol. The molecule has 2 N–H and O–H groups in total. The Kier molecular flexibility index (Phi) is 6.64. The number of rotatable bonds is 9. The van der Waals surface area contributed by atoms with Gasteiger partial charge in [-0.3, -0.25) is 4.79 Å². The molecule has 4 rings (SSSR count). The van der Waals surface area contributed by atoms with E-state index < -0.39 is 23.6 Å². The normalized spacial score (nSPS) is 17.1. The predicted octanol–water partition coefficient (Wildman–Crippen LogP) is 4.55. The molecule has 180 valence electrons. The molecule has 0 heterocycles. The molecule has 0 bridgehead atoms. The van der Waals surface area contributed by atoms with Crippen LogP contribution >= 0.6 is 0 Å². The average Bonchev–Trinajstić information content (AvgIpc) is 3.60. The zero-order valence-electron chi connectivity index (χ0n) is 19.9. The molecule has 7 heteroatoms. The minimum Gasteiger partial charge on any atom is -0.480 e. The number of hydrogen-bond donors (Lipinski definition) is 2. The van der Waals surface area contributed by atoms with E-state index in [-0.39, 0.29) is 24.5 Å². The van der Waals surface area contributed by atoms with Gasteiger partial charge in [0, 0.05) is 12.0 Å². The number of carboxylic acid groups (broad SMARTS) is 1. The molecular weight excluding hydrogens is 432 g/mol. The second-order valence-electron chi connectivity index (χ2n) is 9.49. The summed E-state index contributed by atoms with van der Waals surface area (Å²) >= 11 is 0. The molecule has 0 saturated heterocycles. The molecule has 2 unspecified atom stereocenters. The quantitative estimate of drug-likeness (QED) is 0.568. The van der Waals surface area contributed by atoms with Crippen LogP contribution in [0.4, 0.5) is 4.79 Å². The van der Waals surface area contributed by atoms with Crippen LogP contribution in [-0.4, -0.2) is 52.2 Å². The minimum absolute atomic E-state index is 0.0822. The van der Waals surface area contributed by atoms with Gasteiger partial charge in [0.15, 0.2) is 0 Å². The highest BCUT2D eigenvalue weighted by molar-refractivity contribution is 5.93. The highest BCUT2D eigenvalue weighted by Crippen LogP contribution is 2.44. The smallest absolute Gasteiger partial charge is 0.408 e. The zero-order chi connectivity index (χ0) is 24.5. The number of ether oxygens (including phenoxy) is 1. The number of alkyl carbamates (subject to hydrolysis) is 1. The second-order valence-corrected chi connectivity index (χ2v) is 9.49. The molecule has 34 heavy (non-hydrogen) atoms. The third-order valence-electron chi connectivity index (χ3n) is 6.89. The summed E-state index contributed by atoms with van der Waals surface area (Å²) in [6, 6.07) is 15.1. The number of amides is 2. The first-order valence-electron chi connectivity index (χ1n) is 12.0. The van der Waals surface area contributed by atoms with E-state index in [2.05, 4.69) is 17.4 Å². The summed E-state index contributed by atoms with van der Waals surface area (Å²) in [5, 5.41) is 12.3. The minimum atomic E-state index is -1.25. The van der Waals surface area contributed by atoms with E-state index in [1.165, 1.54) is 11.8 Å². The van der Waals surface area contributed by atoms with Gasteiger partial charge < -0.3 is 20.1 Å². The number of carbonyl (C=O) groups is 3. The summed E-state index contributed by atoms with van der Waals surface area (Å²) in [5.41, 5.74) is 3.25. The Morgan fingerprint density at radius 2 is 1.65 bits per heavy atom. The van der Waals surface area contributed by atoms with Crippen molar-refractivity contribution >= 4 is 18.0 Å². The van der Waals surface area contributed by atoms with Gasteiger partial charge in [0.2, 0.25) is 5.91 Å². The molecule has 1 fully saturated rings. The molecule has 0 spiro atoms. The largest absolute Gasteiger partial charge is 0.480 e. The van der Waals surface area contributed by atoms with E-state index in [9.17, 15) is 19.5 Å². The van der Waals surface area contributed by atoms with Crippen molar-refractivity contribution in [3.05, 3.63) is 59.7 Å². The van der Waals surface area contributed by atoms with Crippen molar-refractivity contribution in [3.63, 3.8) is 0 Å². The third kappa shape index (κ3) is 4.52. The number of carboxylic acids is 1. The van der Waals surface area contributed by atoms with Crippen LogP contribution < -0.4 is 5.32 Å². The first-order chi connectivity index (χ1) is 16.3. The summed E-state index contributed by atoms with van der Waals surface area (Å²) in [5.74, 6) is -1.51. The van der Waals surface area contributed by atoms with Gasteiger partial charge in [0.1, 0.15) is 18.2 Å². The maximum atomic E-state index is 13.5. The number of nitrogens with one attached hydrogen (secondary N) is 1. The number of benzene rings is 2. The molecule has 2 aliphatic rings. The highest BCUT2D eigenvalue weighted by atomic mass is 16.5. The lowest BCUT2D eigenvalue weighted by molar-refractivity contribution is -0.153.